The molecule has 5 nitrogen and oxygen atoms in total. The van der Waals surface area contributed by atoms with Crippen molar-refractivity contribution in [3.8, 4) is 33.4 Å². The van der Waals surface area contributed by atoms with Crippen LogP contribution in [0.1, 0.15) is 0 Å². The van der Waals surface area contributed by atoms with Gasteiger partial charge in [0.25, 0.3) is 0 Å². The molecule has 0 aliphatic heterocycles. The van der Waals surface area contributed by atoms with E-state index in [0.717, 1.165) is 122 Å². The van der Waals surface area contributed by atoms with Gasteiger partial charge in [0.05, 0.1) is 11.4 Å². The van der Waals surface area contributed by atoms with Crippen molar-refractivity contribution in [1.29, 1.82) is 0 Å². The molecule has 0 amide bonds. The zero-order chi connectivity index (χ0) is 66.5. The van der Waals surface area contributed by atoms with E-state index in [1.54, 1.807) is 0 Å². The number of benzene rings is 17. The Morgan fingerprint density at radius 2 is 0.460 bits per heavy atom. The molecule has 0 aliphatic carbocycles. The van der Waals surface area contributed by atoms with Crippen LogP contribution in [0.5, 0.6) is 0 Å². The van der Waals surface area contributed by atoms with Crippen LogP contribution in [0.25, 0.3) is 120 Å². The number of rotatable bonds is 12. The van der Waals surface area contributed by atoms with Crippen LogP contribution < -0.4 is 14.7 Å². The number of fused-ring (bicyclic) bond motifs is 14. The highest BCUT2D eigenvalue weighted by Gasteiger charge is 2.26. The van der Waals surface area contributed by atoms with E-state index in [1.807, 2.05) is 12.1 Å². The van der Waals surface area contributed by atoms with Crippen molar-refractivity contribution in [3.63, 3.8) is 0 Å². The van der Waals surface area contributed by atoms with Crippen LogP contribution in [0.15, 0.2) is 385 Å². The molecule has 0 aliphatic rings. The molecule has 6 heteroatoms. The molecule has 0 N–H and O–H groups in total. The van der Waals surface area contributed by atoms with E-state index in [2.05, 4.69) is 379 Å². The molecule has 0 fully saturated rings. The van der Waals surface area contributed by atoms with Crippen molar-refractivity contribution in [2.24, 2.45) is 0 Å². The molecule has 0 saturated heterocycles. The molecule has 0 bridgehead atoms. The van der Waals surface area contributed by atoms with Crippen LogP contribution in [-0.2, 0) is 0 Å². The normalized spacial score (nSPS) is 11.4. The summed E-state index contributed by atoms with van der Waals surface area (Å²) in [5, 5.41) is 14.8. The molecule has 0 saturated carbocycles. The molecule has 0 radical (unpaired) electrons. The maximum absolute atomic E-state index is 6.89. The fourth-order valence-electron chi connectivity index (χ4n) is 14.6. The van der Waals surface area contributed by atoms with Crippen LogP contribution in [0, 0.1) is 0 Å². The van der Waals surface area contributed by atoms with Crippen molar-refractivity contribution in [1.82, 2.24) is 0 Å². The quantitative estimate of drug-likeness (QED) is 0.122. The van der Waals surface area contributed by atoms with E-state index < -0.39 is 0 Å². The zero-order valence-corrected chi connectivity index (χ0v) is 55.1. The van der Waals surface area contributed by atoms with Gasteiger partial charge < -0.3 is 23.5 Å². The Morgan fingerprint density at radius 3 is 0.820 bits per heavy atom. The number of hydrogen-bond acceptors (Lipinski definition) is 5. The Bertz CT molecular complexity index is 6180. The van der Waals surface area contributed by atoms with Gasteiger partial charge in [0, 0.05) is 66.4 Å². The number of furan rings is 2. The molecule has 0 spiro atoms. The SMILES string of the molecule is Clc1ccc(-c2ccc(N(c3ccccc3)c3cc4ccccc4c4c3oc3ccc5ccccc5c34)cc2)cc1.c1ccc(-c2ccc(N(c3ccccc3)c3ccc(-c4ccc(N(c5ccccc5)c5cc6ccccc6c6c5oc5ccc7ccccc7c56)cc4)cc3)cc2)cc1. The van der Waals surface area contributed by atoms with Crippen LogP contribution in [0.2, 0.25) is 5.02 Å². The standard InChI is InChI=1S/C56H38N2O.C38H24ClNO/c1-4-14-39(15-5-1)40-24-31-47(32-25-40)57(45-18-6-2-7-19-45)48-33-26-41(27-34-48)42-28-35-49(36-29-42)58(46-20-8-3-9-21-46)52-38-44-17-11-13-23-51(44)55-54-50-22-12-10-16-43(50)30-37-53(54)59-56(52)55;39-29-19-14-25(15-20-29)26-16-21-31(22-17-26)40(30-10-2-1-3-11-30)34-24-28-9-5-7-13-33(28)37-36-32-12-6-4-8-27(32)18-23-35(36)41-38(34)37/h1-38H;1-24H. The largest absolute Gasteiger partial charge is 0.454 e. The summed E-state index contributed by atoms with van der Waals surface area (Å²) >= 11 is 6.14. The summed E-state index contributed by atoms with van der Waals surface area (Å²) in [7, 11) is 0. The van der Waals surface area contributed by atoms with Gasteiger partial charge in [0.15, 0.2) is 11.2 Å². The molecule has 17 aromatic carbocycles. The first-order valence-electron chi connectivity index (χ1n) is 33.8. The second kappa shape index (κ2) is 25.6. The Labute approximate surface area is 584 Å². The lowest BCUT2D eigenvalue weighted by atomic mass is 9.98. The first-order chi connectivity index (χ1) is 49.5. The molecule has 472 valence electrons. The Balaban J connectivity index is 0.000000154. The summed E-state index contributed by atoms with van der Waals surface area (Å²) in [5.41, 5.74) is 20.0. The number of hydrogen-bond donors (Lipinski definition) is 0. The van der Waals surface area contributed by atoms with Gasteiger partial charge in [-0.05, 0) is 198 Å². The minimum Gasteiger partial charge on any atom is -0.454 e. The third-order valence-corrected chi connectivity index (χ3v) is 19.6. The molecule has 2 heterocycles. The molecule has 19 aromatic rings. The highest BCUT2D eigenvalue weighted by atomic mass is 35.5. The topological polar surface area (TPSA) is 36.0 Å². The first-order valence-corrected chi connectivity index (χ1v) is 34.2. The summed E-state index contributed by atoms with van der Waals surface area (Å²) in [6.45, 7) is 0. The summed E-state index contributed by atoms with van der Waals surface area (Å²) < 4.78 is 13.7. The van der Waals surface area contributed by atoms with E-state index in [9.17, 15) is 0 Å². The zero-order valence-electron chi connectivity index (χ0n) is 54.3. The molecule has 100 heavy (non-hydrogen) atoms. The maximum atomic E-state index is 6.89. The second-order valence-electron chi connectivity index (χ2n) is 25.2. The lowest BCUT2D eigenvalue weighted by Crippen LogP contribution is -2.10. The van der Waals surface area contributed by atoms with Gasteiger partial charge >= 0.3 is 0 Å². The summed E-state index contributed by atoms with van der Waals surface area (Å²) in [6, 6.07) is 133. The van der Waals surface area contributed by atoms with E-state index in [1.165, 1.54) is 54.2 Å². The first kappa shape index (κ1) is 59.6. The van der Waals surface area contributed by atoms with Gasteiger partial charge in [-0.25, -0.2) is 0 Å². The third kappa shape index (κ3) is 10.9. The lowest BCUT2D eigenvalue weighted by molar-refractivity contribution is 0.669. The van der Waals surface area contributed by atoms with Gasteiger partial charge in [-0.15, -0.1) is 0 Å². The maximum Gasteiger partial charge on any atom is 0.160 e. The smallest absolute Gasteiger partial charge is 0.160 e. The van der Waals surface area contributed by atoms with E-state index >= 15 is 0 Å². The van der Waals surface area contributed by atoms with Crippen LogP contribution in [0.4, 0.5) is 51.2 Å². The van der Waals surface area contributed by atoms with Crippen LogP contribution >= 0.6 is 11.6 Å². The molecular formula is C94H62ClN3O2. The lowest BCUT2D eigenvalue weighted by Gasteiger charge is -2.26. The molecular weight excluding hydrogens is 1240 g/mol. The predicted octanol–water partition coefficient (Wildman–Crippen LogP) is 27.8. The fourth-order valence-corrected chi connectivity index (χ4v) is 14.7. The average Bonchev–Trinajstić information content (AvgIpc) is 1.60. The van der Waals surface area contributed by atoms with Gasteiger partial charge in [-0.2, -0.15) is 0 Å². The van der Waals surface area contributed by atoms with Gasteiger partial charge in [0.1, 0.15) is 11.2 Å². The molecule has 2 aromatic heterocycles. The Morgan fingerprint density at radius 1 is 0.200 bits per heavy atom. The third-order valence-electron chi connectivity index (χ3n) is 19.3. The van der Waals surface area contributed by atoms with Gasteiger partial charge in [-0.1, -0.05) is 266 Å². The minimum absolute atomic E-state index is 0.736. The van der Waals surface area contributed by atoms with Crippen LogP contribution in [-0.4, -0.2) is 0 Å². The van der Waals surface area contributed by atoms with Crippen molar-refractivity contribution >= 4 is 150 Å². The Kier molecular flexibility index (Phi) is 15.2. The highest BCUT2D eigenvalue weighted by molar-refractivity contribution is 6.31. The fraction of sp³-hybridized carbons (Fsp3) is 0. The van der Waals surface area contributed by atoms with Crippen molar-refractivity contribution < 1.29 is 8.83 Å². The van der Waals surface area contributed by atoms with Crippen molar-refractivity contribution in [2.45, 2.75) is 0 Å². The van der Waals surface area contributed by atoms with E-state index in [4.69, 9.17) is 20.4 Å². The second-order valence-corrected chi connectivity index (χ2v) is 25.7. The summed E-state index contributed by atoms with van der Waals surface area (Å²) in [4.78, 5) is 6.93. The minimum atomic E-state index is 0.736. The molecule has 0 atom stereocenters. The summed E-state index contributed by atoms with van der Waals surface area (Å²) in [6.07, 6.45) is 0. The number of para-hydroxylation sites is 3. The van der Waals surface area contributed by atoms with Crippen LogP contribution in [0.3, 0.4) is 0 Å². The average molecular weight is 1300 g/mol. The monoisotopic (exact) mass is 1300 g/mol. The number of halogens is 1. The molecule has 0 unspecified atom stereocenters. The van der Waals surface area contributed by atoms with E-state index in [-0.39, 0.29) is 0 Å². The van der Waals surface area contributed by atoms with Gasteiger partial charge in [-0.3, -0.25) is 0 Å². The van der Waals surface area contributed by atoms with Crippen molar-refractivity contribution in [2.75, 3.05) is 14.7 Å². The predicted molar refractivity (Wildman–Crippen MR) is 423 cm³/mol. The number of nitrogens with zero attached hydrogens (tertiary/aromatic N) is 3. The van der Waals surface area contributed by atoms with Crippen molar-refractivity contribution in [3.05, 3.63) is 381 Å². The summed E-state index contributed by atoms with van der Waals surface area (Å²) in [5.74, 6) is 0. The van der Waals surface area contributed by atoms with E-state index in [0.29, 0.717) is 0 Å². The highest BCUT2D eigenvalue weighted by Crippen LogP contribution is 2.50. The molecule has 19 rings (SSSR count). The Hall–Kier alpha value is -12.9. The van der Waals surface area contributed by atoms with Gasteiger partial charge in [0.2, 0.25) is 0 Å². The number of anilines is 9.